The maximum absolute atomic E-state index is 13.1. The van der Waals surface area contributed by atoms with E-state index in [1.54, 1.807) is 32.9 Å². The summed E-state index contributed by atoms with van der Waals surface area (Å²) in [6.07, 6.45) is -4.71. The first-order valence-corrected chi connectivity index (χ1v) is 6.96. The maximum Gasteiger partial charge on any atom is 0.409 e. The van der Waals surface area contributed by atoms with Crippen LogP contribution in [0.15, 0.2) is 16.7 Å². The number of pyridine rings is 1. The predicted molar refractivity (Wildman–Crippen MR) is 74.6 cm³/mol. The Morgan fingerprint density at radius 1 is 1.35 bits per heavy atom. The number of halogens is 4. The Hall–Kier alpha value is -0.820. The van der Waals surface area contributed by atoms with Gasteiger partial charge in [0.05, 0.1) is 5.69 Å². The van der Waals surface area contributed by atoms with Crippen molar-refractivity contribution < 1.29 is 17.9 Å². The van der Waals surface area contributed by atoms with Crippen LogP contribution in [-0.2, 0) is 0 Å². The first kappa shape index (κ1) is 17.2. The van der Waals surface area contributed by atoms with Gasteiger partial charge in [-0.3, -0.25) is 0 Å². The molecule has 0 radical (unpaired) electrons. The second kappa shape index (κ2) is 6.30. The monoisotopic (exact) mass is 354 g/mol. The fourth-order valence-corrected chi connectivity index (χ4v) is 2.26. The molecule has 1 rings (SSSR count). The second-order valence-corrected chi connectivity index (χ2v) is 6.07. The molecule has 1 aromatic rings. The first-order chi connectivity index (χ1) is 9.05. The maximum atomic E-state index is 13.1. The van der Waals surface area contributed by atoms with Gasteiger partial charge in [-0.2, -0.15) is 13.2 Å². The SMILES string of the molecule is Cc1nc(Br)ccc1OCC(N)(CC(C)C)C(F)(F)F. The standard InChI is InChI=1S/C13H18BrF3N2O/c1-8(2)6-12(18,13(15,16)17)7-20-10-4-5-11(14)19-9(10)3/h4-5,8H,6-7,18H2,1-3H3. The number of aryl methyl sites for hydroxylation is 1. The third-order valence-corrected chi connectivity index (χ3v) is 3.27. The number of aromatic nitrogens is 1. The van der Waals surface area contributed by atoms with E-state index in [0.29, 0.717) is 16.0 Å². The van der Waals surface area contributed by atoms with Gasteiger partial charge in [-0.15, -0.1) is 0 Å². The average Bonchev–Trinajstić information content (AvgIpc) is 2.25. The van der Waals surface area contributed by atoms with Crippen LogP contribution in [0.1, 0.15) is 26.0 Å². The van der Waals surface area contributed by atoms with Crippen molar-refractivity contribution in [3.8, 4) is 5.75 Å². The average molecular weight is 355 g/mol. The van der Waals surface area contributed by atoms with Gasteiger partial charge in [0.1, 0.15) is 22.5 Å². The molecule has 1 heterocycles. The Bertz CT molecular complexity index is 465. The number of hydrogen-bond acceptors (Lipinski definition) is 3. The van der Waals surface area contributed by atoms with Crippen molar-refractivity contribution in [2.75, 3.05) is 6.61 Å². The van der Waals surface area contributed by atoms with Gasteiger partial charge >= 0.3 is 6.18 Å². The summed E-state index contributed by atoms with van der Waals surface area (Å²) in [5.74, 6) is 0.116. The van der Waals surface area contributed by atoms with Crippen molar-refractivity contribution in [2.24, 2.45) is 11.7 Å². The molecule has 0 saturated heterocycles. The molecule has 0 aromatic carbocycles. The summed E-state index contributed by atoms with van der Waals surface area (Å²) in [6.45, 7) is 4.42. The number of nitrogens with two attached hydrogens (primary N) is 1. The van der Waals surface area contributed by atoms with Crippen LogP contribution < -0.4 is 10.5 Å². The summed E-state index contributed by atoms with van der Waals surface area (Å²) in [6, 6.07) is 3.18. The lowest BCUT2D eigenvalue weighted by atomic mass is 9.90. The van der Waals surface area contributed by atoms with Gasteiger partial charge in [0.2, 0.25) is 0 Å². The van der Waals surface area contributed by atoms with Crippen molar-refractivity contribution >= 4 is 15.9 Å². The number of rotatable bonds is 5. The number of nitrogens with zero attached hydrogens (tertiary/aromatic N) is 1. The molecule has 0 amide bonds. The molecule has 0 fully saturated rings. The second-order valence-electron chi connectivity index (χ2n) is 5.26. The van der Waals surface area contributed by atoms with Gasteiger partial charge in [-0.25, -0.2) is 4.98 Å². The minimum atomic E-state index is -4.52. The topological polar surface area (TPSA) is 48.1 Å². The molecule has 0 saturated carbocycles. The zero-order valence-electron chi connectivity index (χ0n) is 11.6. The molecular formula is C13H18BrF3N2O. The minimum Gasteiger partial charge on any atom is -0.489 e. The van der Waals surface area contributed by atoms with E-state index in [-0.39, 0.29) is 12.3 Å². The highest BCUT2D eigenvalue weighted by molar-refractivity contribution is 9.10. The highest BCUT2D eigenvalue weighted by Gasteiger charge is 2.52. The molecule has 1 atom stereocenters. The van der Waals surface area contributed by atoms with Gasteiger partial charge in [0.25, 0.3) is 0 Å². The van der Waals surface area contributed by atoms with Crippen molar-refractivity contribution in [3.05, 3.63) is 22.4 Å². The lowest BCUT2D eigenvalue weighted by molar-refractivity contribution is -0.197. The first-order valence-electron chi connectivity index (χ1n) is 6.17. The van der Waals surface area contributed by atoms with Crippen molar-refractivity contribution in [3.63, 3.8) is 0 Å². The zero-order chi connectivity index (χ0) is 15.6. The van der Waals surface area contributed by atoms with Crippen LogP contribution >= 0.6 is 15.9 Å². The third-order valence-electron chi connectivity index (χ3n) is 2.83. The highest BCUT2D eigenvalue weighted by Crippen LogP contribution is 2.34. The molecule has 0 aliphatic carbocycles. The number of ether oxygens (including phenoxy) is 1. The van der Waals surface area contributed by atoms with Gasteiger partial charge < -0.3 is 10.5 Å². The molecule has 1 unspecified atom stereocenters. The van der Waals surface area contributed by atoms with Crippen molar-refractivity contribution in [1.29, 1.82) is 0 Å². The van der Waals surface area contributed by atoms with Crippen LogP contribution in [0, 0.1) is 12.8 Å². The highest BCUT2D eigenvalue weighted by atomic mass is 79.9. The van der Waals surface area contributed by atoms with Crippen LogP contribution in [0.25, 0.3) is 0 Å². The fraction of sp³-hybridized carbons (Fsp3) is 0.615. The summed E-state index contributed by atoms with van der Waals surface area (Å²) in [7, 11) is 0. The normalized spacial score (nSPS) is 15.2. The molecule has 7 heteroatoms. The van der Waals surface area contributed by atoms with Crippen molar-refractivity contribution in [2.45, 2.75) is 38.9 Å². The van der Waals surface area contributed by atoms with Crippen LogP contribution in [-0.4, -0.2) is 23.3 Å². The van der Waals surface area contributed by atoms with E-state index in [1.807, 2.05) is 0 Å². The molecule has 0 aliphatic rings. The van der Waals surface area contributed by atoms with E-state index < -0.39 is 18.3 Å². The lowest BCUT2D eigenvalue weighted by Gasteiger charge is -2.33. The Morgan fingerprint density at radius 3 is 2.40 bits per heavy atom. The molecule has 1 aromatic heterocycles. The summed E-state index contributed by atoms with van der Waals surface area (Å²) < 4.78 is 45.2. The Labute approximate surface area is 124 Å². The van der Waals surface area contributed by atoms with E-state index in [0.717, 1.165) is 0 Å². The Morgan fingerprint density at radius 2 is 1.95 bits per heavy atom. The number of hydrogen-bond donors (Lipinski definition) is 1. The molecule has 3 nitrogen and oxygen atoms in total. The predicted octanol–water partition coefficient (Wildman–Crippen LogP) is 3.84. The molecule has 0 bridgehead atoms. The third kappa shape index (κ3) is 4.34. The van der Waals surface area contributed by atoms with E-state index >= 15 is 0 Å². The quantitative estimate of drug-likeness (QED) is 0.817. The van der Waals surface area contributed by atoms with E-state index in [2.05, 4.69) is 20.9 Å². The lowest BCUT2D eigenvalue weighted by Crippen LogP contribution is -2.58. The molecule has 114 valence electrons. The van der Waals surface area contributed by atoms with Gasteiger partial charge in [0.15, 0.2) is 0 Å². The molecular weight excluding hydrogens is 337 g/mol. The number of alkyl halides is 3. The summed E-state index contributed by atoms with van der Waals surface area (Å²) in [5.41, 5.74) is 3.67. The zero-order valence-corrected chi connectivity index (χ0v) is 13.2. The van der Waals surface area contributed by atoms with Gasteiger partial charge in [-0.05, 0) is 47.3 Å². The van der Waals surface area contributed by atoms with E-state index in [1.165, 1.54) is 0 Å². The van der Waals surface area contributed by atoms with Crippen LogP contribution in [0.5, 0.6) is 5.75 Å². The summed E-state index contributed by atoms with van der Waals surface area (Å²) in [4.78, 5) is 4.07. The van der Waals surface area contributed by atoms with E-state index in [4.69, 9.17) is 10.5 Å². The molecule has 0 spiro atoms. The smallest absolute Gasteiger partial charge is 0.409 e. The van der Waals surface area contributed by atoms with Crippen molar-refractivity contribution in [1.82, 2.24) is 4.98 Å². The molecule has 2 N–H and O–H groups in total. The molecule has 0 aliphatic heterocycles. The molecule has 20 heavy (non-hydrogen) atoms. The minimum absolute atomic E-state index is 0.186. The van der Waals surface area contributed by atoms with Gasteiger partial charge in [0, 0.05) is 0 Å². The summed E-state index contributed by atoms with van der Waals surface area (Å²) in [5, 5.41) is 0. The van der Waals surface area contributed by atoms with Crippen LogP contribution in [0.4, 0.5) is 13.2 Å². The van der Waals surface area contributed by atoms with Crippen LogP contribution in [0.2, 0.25) is 0 Å². The fourth-order valence-electron chi connectivity index (χ4n) is 1.86. The Kier molecular flexibility index (Phi) is 5.43. The summed E-state index contributed by atoms with van der Waals surface area (Å²) >= 11 is 3.18. The Balaban J connectivity index is 2.86. The van der Waals surface area contributed by atoms with Crippen LogP contribution in [0.3, 0.4) is 0 Å². The largest absolute Gasteiger partial charge is 0.489 e. The van der Waals surface area contributed by atoms with Gasteiger partial charge in [-0.1, -0.05) is 13.8 Å². The van der Waals surface area contributed by atoms with E-state index in [9.17, 15) is 13.2 Å².